The molecule has 0 aliphatic rings. The second-order valence-electron chi connectivity index (χ2n) is 8.52. The van der Waals surface area contributed by atoms with Gasteiger partial charge in [0.2, 0.25) is 5.91 Å². The van der Waals surface area contributed by atoms with Crippen LogP contribution < -0.4 is 10.6 Å². The highest BCUT2D eigenvalue weighted by Gasteiger charge is 2.43. The Morgan fingerprint density at radius 1 is 1.00 bits per heavy atom. The van der Waals surface area contributed by atoms with Crippen LogP contribution in [0, 0.1) is 10.8 Å². The first kappa shape index (κ1) is 28.8. The third kappa shape index (κ3) is 8.94. The Morgan fingerprint density at radius 3 is 1.94 bits per heavy atom. The molecule has 190 valence electrons. The van der Waals surface area contributed by atoms with Crippen LogP contribution in [0.4, 0.5) is 17.6 Å². The molecule has 2 unspecified atom stereocenters. The van der Waals surface area contributed by atoms with Gasteiger partial charge in [0, 0.05) is 28.6 Å². The molecular formula is C24H25BrF4N2O3S. The molecule has 0 saturated heterocycles. The number of halogens is 5. The van der Waals surface area contributed by atoms with E-state index >= 15 is 0 Å². The first-order chi connectivity index (χ1) is 16.1. The van der Waals surface area contributed by atoms with Crippen molar-refractivity contribution in [3.8, 4) is 21.9 Å². The van der Waals surface area contributed by atoms with Crippen molar-refractivity contribution in [2.24, 2.45) is 0 Å². The predicted octanol–water partition coefficient (Wildman–Crippen LogP) is 4.93. The van der Waals surface area contributed by atoms with Gasteiger partial charge in [0.15, 0.2) is 9.84 Å². The number of rotatable bonds is 9. The Labute approximate surface area is 210 Å². The summed E-state index contributed by atoms with van der Waals surface area (Å²) in [6, 6.07) is 7.70. The summed E-state index contributed by atoms with van der Waals surface area (Å²) in [7, 11) is -3.38. The molecule has 0 fully saturated rings. The maximum atomic E-state index is 14.3. The number of hydrogen-bond acceptors (Lipinski definition) is 4. The molecule has 2 aromatic carbocycles. The van der Waals surface area contributed by atoms with Crippen LogP contribution in [0.25, 0.3) is 11.1 Å². The normalized spacial score (nSPS) is 13.9. The van der Waals surface area contributed by atoms with E-state index in [-0.39, 0.29) is 17.0 Å². The Bertz CT molecular complexity index is 1180. The molecule has 35 heavy (non-hydrogen) atoms. The van der Waals surface area contributed by atoms with Crippen molar-refractivity contribution in [1.82, 2.24) is 10.6 Å². The summed E-state index contributed by atoms with van der Waals surface area (Å²) in [6.45, 7) is 2.25. The number of carbonyl (C=O) groups is 1. The quantitative estimate of drug-likeness (QED) is 0.328. The Morgan fingerprint density at radius 2 is 1.51 bits per heavy atom. The van der Waals surface area contributed by atoms with E-state index in [0.29, 0.717) is 11.1 Å². The molecular weight excluding hydrogens is 552 g/mol. The number of alkyl halides is 4. The standard InChI is InChI=1S/C24H25BrF4N2O3S/c1-23(2,26)15-20(22(32)30-14-4-13-25)31-21(24(27,28)29)18-7-5-16(6-8-18)17-9-11-19(12-10-17)35(3,33)34/h5-12,20-21,31H,14-15H2,1-3H3,(H,30,32). The minimum absolute atomic E-state index is 0.113. The summed E-state index contributed by atoms with van der Waals surface area (Å²) in [6.07, 6.45) is -4.18. The lowest BCUT2D eigenvalue weighted by Crippen LogP contribution is -2.51. The molecule has 0 aliphatic carbocycles. The van der Waals surface area contributed by atoms with Crippen molar-refractivity contribution in [2.75, 3.05) is 12.8 Å². The van der Waals surface area contributed by atoms with Crippen LogP contribution in [0.1, 0.15) is 31.9 Å². The highest BCUT2D eigenvalue weighted by atomic mass is 79.9. The van der Waals surface area contributed by atoms with E-state index in [1.807, 2.05) is 0 Å². The highest BCUT2D eigenvalue weighted by molar-refractivity contribution is 9.12. The van der Waals surface area contributed by atoms with E-state index in [1.165, 1.54) is 50.2 Å². The van der Waals surface area contributed by atoms with Gasteiger partial charge in [-0.2, -0.15) is 13.2 Å². The van der Waals surface area contributed by atoms with Crippen LogP contribution in [-0.2, 0) is 14.6 Å². The van der Waals surface area contributed by atoms with Gasteiger partial charge in [-0.15, -0.1) is 0 Å². The first-order valence-corrected chi connectivity index (χ1v) is 13.1. The maximum absolute atomic E-state index is 14.3. The van der Waals surface area contributed by atoms with Crippen molar-refractivity contribution in [3.63, 3.8) is 0 Å². The monoisotopic (exact) mass is 576 g/mol. The summed E-state index contributed by atoms with van der Waals surface area (Å²) >= 11 is 2.85. The SMILES string of the molecule is CC(C)(F)CC(NC(c1ccc(-c2ccc(S(C)(=O)=O)cc2)cc1)C(F)(F)F)C(=O)NCC#CBr. The van der Waals surface area contributed by atoms with Gasteiger partial charge < -0.3 is 5.32 Å². The largest absolute Gasteiger partial charge is 0.407 e. The van der Waals surface area contributed by atoms with Crippen LogP contribution in [0.2, 0.25) is 0 Å². The number of benzene rings is 2. The van der Waals surface area contributed by atoms with Crippen LogP contribution in [0.5, 0.6) is 0 Å². The minimum atomic E-state index is -4.77. The minimum Gasteiger partial charge on any atom is -0.344 e. The number of sulfone groups is 1. The van der Waals surface area contributed by atoms with E-state index in [1.54, 1.807) is 12.1 Å². The van der Waals surface area contributed by atoms with Crippen molar-refractivity contribution >= 4 is 31.7 Å². The van der Waals surface area contributed by atoms with Crippen LogP contribution >= 0.6 is 15.9 Å². The van der Waals surface area contributed by atoms with Gasteiger partial charge in [0.05, 0.1) is 17.5 Å². The molecule has 2 rings (SSSR count). The third-order valence-corrected chi connectivity index (χ3v) is 6.39. The zero-order chi connectivity index (χ0) is 26.4. The van der Waals surface area contributed by atoms with Crippen molar-refractivity contribution in [1.29, 1.82) is 0 Å². The summed E-state index contributed by atoms with van der Waals surface area (Å²) < 4.78 is 79.5. The number of carbonyl (C=O) groups excluding carboxylic acids is 1. The van der Waals surface area contributed by atoms with Gasteiger partial charge in [-0.05, 0) is 47.5 Å². The molecule has 0 aliphatic heterocycles. The summed E-state index contributed by atoms with van der Waals surface area (Å²) in [5.41, 5.74) is -0.885. The van der Waals surface area contributed by atoms with E-state index < -0.39 is 46.1 Å². The molecule has 0 bridgehead atoms. The lowest BCUT2D eigenvalue weighted by Gasteiger charge is -2.29. The van der Waals surface area contributed by atoms with E-state index in [2.05, 4.69) is 37.3 Å². The zero-order valence-electron chi connectivity index (χ0n) is 19.2. The third-order valence-electron chi connectivity index (χ3n) is 4.98. The van der Waals surface area contributed by atoms with Gasteiger partial charge in [-0.1, -0.05) is 42.3 Å². The van der Waals surface area contributed by atoms with E-state index in [9.17, 15) is 30.8 Å². The Balaban J connectivity index is 2.33. The Kier molecular flexibility index (Phi) is 9.50. The van der Waals surface area contributed by atoms with Crippen molar-refractivity contribution in [2.45, 2.75) is 49.1 Å². The molecule has 0 saturated carbocycles. The summed E-state index contributed by atoms with van der Waals surface area (Å²) in [5, 5.41) is 4.65. The average molecular weight is 577 g/mol. The van der Waals surface area contributed by atoms with Crippen molar-refractivity contribution in [3.05, 3.63) is 54.1 Å². The zero-order valence-corrected chi connectivity index (χ0v) is 21.6. The van der Waals surface area contributed by atoms with Gasteiger partial charge in [0.1, 0.15) is 11.7 Å². The molecule has 2 N–H and O–H groups in total. The summed E-state index contributed by atoms with van der Waals surface area (Å²) in [4.78, 5) is 15.0. The topological polar surface area (TPSA) is 75.3 Å². The highest BCUT2D eigenvalue weighted by Crippen LogP contribution is 2.35. The van der Waals surface area contributed by atoms with Crippen LogP contribution in [-0.4, -0.2) is 45.0 Å². The first-order valence-electron chi connectivity index (χ1n) is 10.4. The molecule has 2 aromatic rings. The number of amides is 1. The van der Waals surface area contributed by atoms with Gasteiger partial charge in [0.25, 0.3) is 0 Å². The van der Waals surface area contributed by atoms with E-state index in [0.717, 1.165) is 6.26 Å². The smallest absolute Gasteiger partial charge is 0.344 e. The van der Waals surface area contributed by atoms with E-state index in [4.69, 9.17) is 0 Å². The van der Waals surface area contributed by atoms with Crippen molar-refractivity contribution < 1.29 is 30.8 Å². The van der Waals surface area contributed by atoms with Gasteiger partial charge in [-0.25, -0.2) is 12.8 Å². The molecule has 0 radical (unpaired) electrons. The lowest BCUT2D eigenvalue weighted by atomic mass is 9.96. The lowest BCUT2D eigenvalue weighted by molar-refractivity contribution is -0.161. The fourth-order valence-corrected chi connectivity index (χ4v) is 4.11. The molecule has 0 aromatic heterocycles. The van der Waals surface area contributed by atoms with Crippen LogP contribution in [0.15, 0.2) is 53.4 Å². The predicted molar refractivity (Wildman–Crippen MR) is 130 cm³/mol. The summed E-state index contributed by atoms with van der Waals surface area (Å²) in [5.74, 6) is 1.70. The second kappa shape index (κ2) is 11.5. The molecule has 11 heteroatoms. The fraction of sp³-hybridized carbons (Fsp3) is 0.375. The van der Waals surface area contributed by atoms with Crippen LogP contribution in [0.3, 0.4) is 0 Å². The number of hydrogen-bond donors (Lipinski definition) is 2. The number of nitrogens with one attached hydrogen (secondary N) is 2. The van der Waals surface area contributed by atoms with Gasteiger partial charge in [-0.3, -0.25) is 10.1 Å². The molecule has 0 heterocycles. The average Bonchev–Trinajstić information content (AvgIpc) is 2.75. The second-order valence-corrected chi connectivity index (χ2v) is 10.9. The fourth-order valence-electron chi connectivity index (χ4n) is 3.34. The molecule has 5 nitrogen and oxygen atoms in total. The molecule has 2 atom stereocenters. The maximum Gasteiger partial charge on any atom is 0.407 e. The van der Waals surface area contributed by atoms with Gasteiger partial charge >= 0.3 is 6.18 Å². The Hall–Kier alpha value is -2.42. The molecule has 0 spiro atoms. The molecule has 1 amide bonds.